The van der Waals surface area contributed by atoms with E-state index in [4.69, 9.17) is 99.5 Å². The Morgan fingerprint density at radius 3 is 0.792 bits per heavy atom. The maximum absolute atomic E-state index is 13.2. The zero-order valence-electron chi connectivity index (χ0n) is 69.8. The first-order valence-electron chi connectivity index (χ1n) is 41.9. The molecule has 0 spiro atoms. The van der Waals surface area contributed by atoms with E-state index in [9.17, 15) is 173 Å². The molecule has 27 unspecified atom stereocenters. The van der Waals surface area contributed by atoms with Crippen LogP contribution in [0.1, 0.15) is 27.7 Å². The van der Waals surface area contributed by atoms with E-state index in [1.54, 1.807) is 13.8 Å². The monoisotopic (exact) mass is 1910 g/mol. The molecule has 55 atom stereocenters. The van der Waals surface area contributed by atoms with Gasteiger partial charge in [-0.25, -0.2) is 0 Å². The number of amides is 2. The predicted molar refractivity (Wildman–Crippen MR) is 398 cm³/mol. The molecule has 756 valence electrons. The number of ether oxygens (including phenoxy) is 21. The number of hydrogen-bond donors (Lipinski definition) is 34. The molecule has 0 aromatic carbocycles. The molecule has 0 saturated carbocycles. The summed E-state index contributed by atoms with van der Waals surface area (Å²) in [5, 5.41) is 364. The Balaban J connectivity index is 0.964. The maximum Gasteiger partial charge on any atom is 0.217 e. The number of rotatable bonds is 34. The number of nitrogens with one attached hydrogen (secondary N) is 2. The van der Waals surface area contributed by atoms with Gasteiger partial charge >= 0.3 is 0 Å². The van der Waals surface area contributed by atoms with Gasteiger partial charge in [0.1, 0.15) is 262 Å². The minimum Gasteiger partial charge on any atom is -0.394 e. The van der Waals surface area contributed by atoms with E-state index < -0.39 is 428 Å². The van der Waals surface area contributed by atoms with E-state index in [0.717, 1.165) is 13.8 Å². The summed E-state index contributed by atoms with van der Waals surface area (Å²) in [4.78, 5) is 25.8. The van der Waals surface area contributed by atoms with Gasteiger partial charge in [-0.2, -0.15) is 0 Å². The summed E-state index contributed by atoms with van der Waals surface area (Å²) in [6, 6.07) is -3.22. The Morgan fingerprint density at radius 2 is 0.454 bits per heavy atom. The average molecular weight is 1910 g/mol. The Kier molecular flexibility index (Phi) is 38.5. The molecule has 11 heterocycles. The van der Waals surface area contributed by atoms with Gasteiger partial charge in [-0.15, -0.1) is 0 Å². The first kappa shape index (κ1) is 107. The topological polar surface area (TPSA) is 899 Å². The molecule has 57 heteroatoms. The zero-order valence-corrected chi connectivity index (χ0v) is 69.8. The van der Waals surface area contributed by atoms with Crippen molar-refractivity contribution in [3.05, 3.63) is 0 Å². The van der Waals surface area contributed by atoms with Crippen molar-refractivity contribution in [1.82, 2.24) is 10.6 Å². The van der Waals surface area contributed by atoms with Crippen molar-refractivity contribution in [3.8, 4) is 0 Å². The second-order valence-corrected chi connectivity index (χ2v) is 33.7. The lowest BCUT2D eigenvalue weighted by molar-refractivity contribution is -0.408. The Labute approximate surface area is 736 Å². The van der Waals surface area contributed by atoms with Crippen molar-refractivity contribution >= 4 is 11.8 Å². The second kappa shape index (κ2) is 46.7. The van der Waals surface area contributed by atoms with Crippen molar-refractivity contribution in [1.29, 1.82) is 0 Å². The number of carbonyl (C=O) groups excluding carboxylic acids is 2. The predicted octanol–water partition coefficient (Wildman–Crippen LogP) is -23.0. The molecule has 11 aliphatic rings. The first-order chi connectivity index (χ1) is 61.6. The molecular formula is C73H124N2O55. The van der Waals surface area contributed by atoms with Crippen molar-refractivity contribution in [2.24, 2.45) is 5.92 Å². The third kappa shape index (κ3) is 22.9. The number of aliphatic hydroxyl groups excluding tert-OH is 32. The molecule has 0 aromatic heterocycles. The van der Waals surface area contributed by atoms with Gasteiger partial charge in [0.2, 0.25) is 11.8 Å². The molecule has 11 aliphatic heterocycles. The van der Waals surface area contributed by atoms with Gasteiger partial charge in [0.25, 0.3) is 0 Å². The summed E-state index contributed by atoms with van der Waals surface area (Å²) in [5.74, 6) is -2.06. The molecule has 2 amide bonds. The molecule has 0 aliphatic carbocycles. The third-order valence-corrected chi connectivity index (χ3v) is 24.5. The molecule has 34 N–H and O–H groups in total. The van der Waals surface area contributed by atoms with Crippen LogP contribution in [-0.4, -0.2) is 585 Å². The summed E-state index contributed by atoms with van der Waals surface area (Å²) in [6.07, 6.45) is -115. The molecule has 11 fully saturated rings. The average Bonchev–Trinajstić information content (AvgIpc) is 0.761. The fourth-order valence-corrected chi connectivity index (χ4v) is 17.1. The molecule has 11 rings (SSSR count). The van der Waals surface area contributed by atoms with E-state index in [0.29, 0.717) is 0 Å². The molecule has 57 nitrogen and oxygen atoms in total. The quantitative estimate of drug-likeness (QED) is 0.0284. The highest BCUT2D eigenvalue weighted by Gasteiger charge is 2.63. The number of aliphatic hydroxyl groups is 32. The standard InChI is InChI=1S/C73H124N2O55/c1-16(2)55-30(74-17(3)85)41(96)56(26(12-83)112-55)123-64-31(75-18(4)86)42(97)57(27(13-84)120-64)124-69-54(109)59(126-72-63(49(104)38(93)24(10-81)118-72)130-73-62(48(103)37(92)25(11-82)119-73)129-68-52(107)45(100)34(89)21(7-78)115-68)40(95)29(122-69)14-110-65-53(108)58(125-71-61(47(102)36(91)23(9-80)117-71)128-67-51(106)44(99)33(88)20(6-77)114-67)39(94)28(121-65)15-111-70-60(46(101)35(90)22(8-79)116-70)127-66-50(105)43(98)32(87)19(5-76)113-66/h16,19-73,76-84,87-109H,5-15H2,1-4H3,(H,74,85)(H,75,86)/t19?,20-,21-,22?,23-,24-,25-,26?,27?,28?,29?,30-,31-,32+,33+,34+,35+,36+,37+,38+,39+,40+,41+,42+,43-,44?,45?,46-,47?,48?,49?,50+,51?,52?,53+,54+,55?,56+,57+,58-,59-,60+,61?,62?,63?,64?,65?,66?,67?,68?,69?,70?,71?,72?,73?/m0/s1. The van der Waals surface area contributed by atoms with Crippen LogP contribution < -0.4 is 10.6 Å². The Hall–Kier alpha value is -3.18. The second-order valence-electron chi connectivity index (χ2n) is 33.7. The van der Waals surface area contributed by atoms with Gasteiger partial charge in [-0.05, 0) is 5.92 Å². The van der Waals surface area contributed by atoms with Gasteiger partial charge < -0.3 is 274 Å². The van der Waals surface area contributed by atoms with E-state index in [2.05, 4.69) is 10.6 Å². The maximum atomic E-state index is 13.2. The SMILES string of the molecule is CC(=O)N[C@@H]1C(O[C@@H]2C(CO)OC(C(C)C)[C@@H](NC(C)=O)[C@H]2O)OC(CO)[C@@H](OC2OC(COC3OC(COC4OC(CO)[C@@H](O)[C@H](O)[C@H]4OC4OC(CO)[C@@H](O)[C@H](O)[C@H]4O)[C@@H](O)[C@H](OC4O[C@@H](CO)[C@@H](O)C(O)C4OC4O[C@@H](CO)[C@@H](O)C(O)C4O)[C@H]3O)[C@@H](O)[C@H](OC3O[C@@H](CO)[C@@H](O)C(O)C3OC3O[C@@H](CO)[C@@H](O)C(O)C3OC3O[C@@H](CO)[C@@H](O)C(O)C3O)[C@H]2O)[C@@H]1O. The first-order valence-corrected chi connectivity index (χ1v) is 41.9. The number of hydrogen-bond acceptors (Lipinski definition) is 55. The minimum absolute atomic E-state index is 0.449. The van der Waals surface area contributed by atoms with Crippen molar-refractivity contribution in [3.63, 3.8) is 0 Å². The largest absolute Gasteiger partial charge is 0.394 e. The molecule has 0 radical (unpaired) electrons. The molecule has 0 aromatic rings. The lowest BCUT2D eigenvalue weighted by atomic mass is 9.87. The normalized spacial score (nSPS) is 51.1. The third-order valence-electron chi connectivity index (χ3n) is 24.5. The number of carbonyl (C=O) groups is 2. The lowest BCUT2D eigenvalue weighted by Gasteiger charge is -2.51. The summed E-state index contributed by atoms with van der Waals surface area (Å²) < 4.78 is 125. The fourth-order valence-electron chi connectivity index (χ4n) is 17.1. The van der Waals surface area contributed by atoms with Gasteiger partial charge in [-0.1, -0.05) is 13.8 Å². The van der Waals surface area contributed by atoms with Crippen LogP contribution in [0.15, 0.2) is 0 Å². The van der Waals surface area contributed by atoms with E-state index in [-0.39, 0.29) is 0 Å². The van der Waals surface area contributed by atoms with Crippen LogP contribution in [0.4, 0.5) is 0 Å². The van der Waals surface area contributed by atoms with Crippen LogP contribution >= 0.6 is 0 Å². The van der Waals surface area contributed by atoms with E-state index in [1.807, 2.05) is 0 Å². The molecular weight excluding hydrogens is 1780 g/mol. The van der Waals surface area contributed by atoms with E-state index >= 15 is 0 Å². The van der Waals surface area contributed by atoms with Gasteiger partial charge in [0.15, 0.2) is 62.9 Å². The van der Waals surface area contributed by atoms with E-state index in [1.165, 1.54) is 0 Å². The fraction of sp³-hybridized carbons (Fsp3) is 0.973. The lowest BCUT2D eigenvalue weighted by Crippen LogP contribution is -2.71. The van der Waals surface area contributed by atoms with Crippen molar-refractivity contribution < 1.29 is 272 Å². The van der Waals surface area contributed by atoms with Crippen LogP contribution in [-0.2, 0) is 109 Å². The highest BCUT2D eigenvalue weighted by molar-refractivity contribution is 5.73. The van der Waals surface area contributed by atoms with Crippen LogP contribution in [0.5, 0.6) is 0 Å². The molecule has 11 saturated heterocycles. The van der Waals surface area contributed by atoms with Crippen LogP contribution in [0.25, 0.3) is 0 Å². The highest BCUT2D eigenvalue weighted by atomic mass is 16.8. The molecule has 0 bridgehead atoms. The minimum atomic E-state index is -2.67. The van der Waals surface area contributed by atoms with Crippen molar-refractivity contribution in [2.45, 2.75) is 365 Å². The van der Waals surface area contributed by atoms with Gasteiger partial charge in [-0.3, -0.25) is 9.59 Å². The summed E-state index contributed by atoms with van der Waals surface area (Å²) >= 11 is 0. The van der Waals surface area contributed by atoms with Crippen LogP contribution in [0.3, 0.4) is 0 Å². The van der Waals surface area contributed by atoms with Crippen LogP contribution in [0.2, 0.25) is 0 Å². The summed E-state index contributed by atoms with van der Waals surface area (Å²) in [5.41, 5.74) is 0. The van der Waals surface area contributed by atoms with Crippen molar-refractivity contribution in [2.75, 3.05) is 72.7 Å². The zero-order chi connectivity index (χ0) is 95.5. The van der Waals surface area contributed by atoms with Gasteiger partial charge in [0, 0.05) is 13.8 Å². The Bertz CT molecular complexity index is 3440. The highest BCUT2D eigenvalue weighted by Crippen LogP contribution is 2.42. The summed E-state index contributed by atoms with van der Waals surface area (Å²) in [6.45, 7) is -7.13. The van der Waals surface area contributed by atoms with Gasteiger partial charge in [0.05, 0.1) is 84.8 Å². The Morgan fingerprint density at radius 1 is 0.223 bits per heavy atom. The van der Waals surface area contributed by atoms with Crippen LogP contribution in [0, 0.1) is 5.92 Å². The molecule has 130 heavy (non-hydrogen) atoms. The summed E-state index contributed by atoms with van der Waals surface area (Å²) in [7, 11) is 0. The smallest absolute Gasteiger partial charge is 0.217 e.